The normalized spacial score (nSPS) is 16.2. The molecule has 1 saturated heterocycles. The highest BCUT2D eigenvalue weighted by atomic mass is 35.5. The van der Waals surface area contributed by atoms with E-state index in [9.17, 15) is 52.7 Å². The number of amides is 11. The van der Waals surface area contributed by atoms with Crippen LogP contribution in [0, 0.1) is 11.8 Å². The third-order valence-electron chi connectivity index (χ3n) is 11.3. The number of hydrogen-bond donors (Lipinski definition) is 11. The highest BCUT2D eigenvalue weighted by Gasteiger charge is 2.40. The van der Waals surface area contributed by atoms with Gasteiger partial charge in [0, 0.05) is 37.4 Å². The maximum Gasteiger partial charge on any atom is 0.246 e. The second-order valence-electron chi connectivity index (χ2n) is 17.4. The predicted molar refractivity (Wildman–Crippen MR) is 260 cm³/mol. The zero-order valence-electron chi connectivity index (χ0n) is 40.3. The lowest BCUT2D eigenvalue weighted by molar-refractivity contribution is -0.142. The summed E-state index contributed by atoms with van der Waals surface area (Å²) in [5.41, 5.74) is 16.7. The smallest absolute Gasteiger partial charge is 0.246 e. The molecule has 11 amide bonds. The predicted octanol–water partition coefficient (Wildman–Crippen LogP) is -2.08. The van der Waals surface area contributed by atoms with Crippen molar-refractivity contribution < 1.29 is 57.5 Å². The molecule has 0 spiro atoms. The molecule has 0 aliphatic carbocycles. The number of halogens is 1. The number of carbonyl (C=O) groups excluding carboxylic acids is 11. The molecule has 1 aromatic rings. The van der Waals surface area contributed by atoms with Gasteiger partial charge in [0.15, 0.2) is 0 Å². The maximum absolute atomic E-state index is 14.1. The minimum atomic E-state index is -1.74. The number of nitrogens with two attached hydrogens (primary N) is 3. The van der Waals surface area contributed by atoms with E-state index in [1.807, 2.05) is 13.8 Å². The summed E-state index contributed by atoms with van der Waals surface area (Å²) in [5, 5.41) is 17.8. The molecule has 0 bridgehead atoms. The van der Waals surface area contributed by atoms with Gasteiger partial charge in [-0.05, 0) is 61.6 Å². The van der Waals surface area contributed by atoms with Crippen molar-refractivity contribution in [3.63, 3.8) is 0 Å². The van der Waals surface area contributed by atoms with Crippen molar-refractivity contribution in [3.8, 4) is 5.75 Å². The van der Waals surface area contributed by atoms with E-state index in [0.717, 1.165) is 0 Å². The Morgan fingerprint density at radius 3 is 1.91 bits per heavy atom. The van der Waals surface area contributed by atoms with Gasteiger partial charge in [-0.1, -0.05) is 46.2 Å². The van der Waals surface area contributed by atoms with Crippen molar-refractivity contribution in [1.82, 2.24) is 42.1 Å². The third-order valence-corrected chi connectivity index (χ3v) is 12.0. The highest BCUT2D eigenvalue weighted by Crippen LogP contribution is 2.21. The summed E-state index contributed by atoms with van der Waals surface area (Å²) in [6, 6.07) is -2.54. The lowest BCUT2D eigenvalue weighted by Gasteiger charge is -2.30. The molecule has 1 aromatic carbocycles. The van der Waals surface area contributed by atoms with Crippen LogP contribution in [-0.4, -0.2) is 144 Å². The summed E-state index contributed by atoms with van der Waals surface area (Å²) >= 11 is 10.0. The Hall–Kier alpha value is -6.17. The van der Waals surface area contributed by atoms with Crippen LogP contribution < -0.4 is 59.2 Å². The number of alkyl halides is 1. The van der Waals surface area contributed by atoms with Gasteiger partial charge in [-0.15, -0.1) is 11.6 Å². The van der Waals surface area contributed by atoms with Gasteiger partial charge in [0.2, 0.25) is 65.0 Å². The number of methoxy groups -OCH3 is 1. The first kappa shape index (κ1) is 60.0. The van der Waals surface area contributed by atoms with E-state index in [2.05, 4.69) is 49.8 Å². The van der Waals surface area contributed by atoms with Gasteiger partial charge in [0.05, 0.1) is 20.1 Å². The first-order chi connectivity index (χ1) is 33.0. The van der Waals surface area contributed by atoms with Crippen molar-refractivity contribution in [2.75, 3.05) is 31.8 Å². The number of benzene rings is 1. The first-order valence-electron chi connectivity index (χ1n) is 23.1. The minimum absolute atomic E-state index is 0.0254. The Kier molecular flexibility index (Phi) is 26.1. The monoisotopic (exact) mass is 1020 g/mol. The van der Waals surface area contributed by atoms with Crippen LogP contribution in [0.5, 0.6) is 5.75 Å². The third kappa shape index (κ3) is 20.4. The fraction of sp³-hybridized carbons (Fsp3) is 0.622. The number of hydrogen-bond acceptors (Lipinski definition) is 13. The summed E-state index contributed by atoms with van der Waals surface area (Å²) < 4.78 is 5.22. The van der Waals surface area contributed by atoms with E-state index in [0.29, 0.717) is 30.6 Å². The Morgan fingerprint density at radius 1 is 0.743 bits per heavy atom. The number of nitrogens with zero attached hydrogens (tertiary/aromatic N) is 1. The van der Waals surface area contributed by atoms with Crippen molar-refractivity contribution in [2.45, 2.75) is 134 Å². The molecule has 1 heterocycles. The molecule has 1 aliphatic heterocycles. The average molecular weight is 1020 g/mol. The number of likely N-dealkylation sites (tertiary alicyclic amines) is 1. The minimum Gasteiger partial charge on any atom is -0.497 e. The molecule has 2 rings (SSSR count). The Labute approximate surface area is 418 Å². The van der Waals surface area contributed by atoms with E-state index in [4.69, 9.17) is 33.5 Å². The highest BCUT2D eigenvalue weighted by molar-refractivity contribution is 7.80. The zero-order chi connectivity index (χ0) is 52.7. The van der Waals surface area contributed by atoms with Crippen LogP contribution in [0.3, 0.4) is 0 Å². The second kappa shape index (κ2) is 30.4. The second-order valence-corrected chi connectivity index (χ2v) is 18.2. The largest absolute Gasteiger partial charge is 0.497 e. The number of primary amides is 3. The average Bonchev–Trinajstić information content (AvgIpc) is 3.81. The van der Waals surface area contributed by atoms with Gasteiger partial charge in [-0.2, -0.15) is 12.6 Å². The van der Waals surface area contributed by atoms with Crippen LogP contribution in [0.1, 0.15) is 91.0 Å². The molecule has 0 aromatic heterocycles. The molecule has 70 heavy (non-hydrogen) atoms. The van der Waals surface area contributed by atoms with Gasteiger partial charge in [-0.25, -0.2) is 0 Å². The molecule has 1 fully saturated rings. The standard InChI is InChI=1S/C45H70ClN11O12S/c1-6-25(4)38(56-42(65)30(51-37(61)10-7-17-46)20-26-11-13-27(69-5)14-12-26)44(67)52-28(15-16-34(47)58)40(63)53-31(21-35(48)59)41(64)55-32(23-70)45(68)57-18-8-9-33(57)43(66)54-29(19-24(2)3)39(62)50-22-36(49)60/h11-14,24-25,28-33,38,70H,6-10,15-23H2,1-5H3,(H2,47,58)(H2,48,59)(H2,49,60)(H,50,62)(H,51,61)(H,52,67)(H,53,63)(H,54,66)(H,55,64)(H,56,65)/t25?,28-,29-,30?,31-,32-,33-,38-/m0/s1. The summed E-state index contributed by atoms with van der Waals surface area (Å²) in [6.07, 6.45) is -0.0659. The molecule has 390 valence electrons. The number of thiol groups is 1. The van der Waals surface area contributed by atoms with Crippen LogP contribution >= 0.6 is 24.2 Å². The molecule has 0 radical (unpaired) electrons. The molecule has 8 atom stereocenters. The van der Waals surface area contributed by atoms with Gasteiger partial charge in [-0.3, -0.25) is 52.7 Å². The first-order valence-corrected chi connectivity index (χ1v) is 24.3. The molecule has 25 heteroatoms. The van der Waals surface area contributed by atoms with Crippen molar-refractivity contribution in [3.05, 3.63) is 29.8 Å². The lowest BCUT2D eigenvalue weighted by Crippen LogP contribution is -2.61. The Balaban J connectivity index is 2.34. The van der Waals surface area contributed by atoms with Crippen molar-refractivity contribution in [1.29, 1.82) is 0 Å². The quantitative estimate of drug-likeness (QED) is 0.0282. The summed E-state index contributed by atoms with van der Waals surface area (Å²) in [7, 11) is 1.50. The summed E-state index contributed by atoms with van der Waals surface area (Å²) in [4.78, 5) is 146. The molecular weight excluding hydrogens is 954 g/mol. The van der Waals surface area contributed by atoms with Crippen molar-refractivity contribution >= 4 is 89.2 Å². The van der Waals surface area contributed by atoms with E-state index in [1.54, 1.807) is 38.1 Å². The topological polar surface area (TPSA) is 363 Å². The number of carbonyl (C=O) groups is 11. The molecule has 0 saturated carbocycles. The van der Waals surface area contributed by atoms with E-state index in [-0.39, 0.29) is 49.8 Å². The molecular formula is C45H70ClN11O12S. The van der Waals surface area contributed by atoms with Crippen LogP contribution in [-0.2, 0) is 59.2 Å². The molecule has 1 aliphatic rings. The Morgan fingerprint density at radius 2 is 1.36 bits per heavy atom. The summed E-state index contributed by atoms with van der Waals surface area (Å²) in [6.45, 7) is 6.70. The van der Waals surface area contributed by atoms with Gasteiger partial charge < -0.3 is 64.1 Å². The number of rotatable bonds is 31. The van der Waals surface area contributed by atoms with Gasteiger partial charge >= 0.3 is 0 Å². The van der Waals surface area contributed by atoms with Crippen LogP contribution in [0.25, 0.3) is 0 Å². The molecule has 2 unspecified atom stereocenters. The van der Waals surface area contributed by atoms with Crippen LogP contribution in [0.4, 0.5) is 0 Å². The van der Waals surface area contributed by atoms with Gasteiger partial charge in [0.1, 0.15) is 48.0 Å². The van der Waals surface area contributed by atoms with Crippen LogP contribution in [0.15, 0.2) is 24.3 Å². The zero-order valence-corrected chi connectivity index (χ0v) is 42.0. The van der Waals surface area contributed by atoms with E-state index < -0.39 is 139 Å². The number of ether oxygens (including phenoxy) is 1. The van der Waals surface area contributed by atoms with Crippen molar-refractivity contribution in [2.24, 2.45) is 29.0 Å². The molecule has 13 N–H and O–H groups in total. The van der Waals surface area contributed by atoms with Gasteiger partial charge in [0.25, 0.3) is 0 Å². The van der Waals surface area contributed by atoms with E-state index in [1.165, 1.54) is 12.0 Å². The number of nitrogens with one attached hydrogen (secondary N) is 7. The van der Waals surface area contributed by atoms with Crippen LogP contribution in [0.2, 0.25) is 0 Å². The summed E-state index contributed by atoms with van der Waals surface area (Å²) in [5.74, 6) is -9.05. The fourth-order valence-corrected chi connectivity index (χ4v) is 7.77. The fourth-order valence-electron chi connectivity index (χ4n) is 7.39. The SMILES string of the molecule is CCC(C)[C@H](NC(=O)C(Cc1ccc(OC)cc1)NC(=O)CCCCl)C(=O)N[C@@H](CCC(N)=O)C(=O)N[C@@H](CC(N)=O)C(=O)N[C@@H](CS)C(=O)N1CCC[C@H]1C(=O)N[C@@H](CC(C)C)C(=O)NCC(N)=O. The molecule has 23 nitrogen and oxygen atoms in total. The van der Waals surface area contributed by atoms with E-state index >= 15 is 0 Å². The Bertz CT molecular complexity index is 2010. The maximum atomic E-state index is 14.1. The lowest BCUT2D eigenvalue weighted by atomic mass is 9.96.